The summed E-state index contributed by atoms with van der Waals surface area (Å²) in [6, 6.07) is 23.3. The Balaban J connectivity index is 0.000000184. The van der Waals surface area contributed by atoms with Gasteiger partial charge in [0, 0.05) is 24.6 Å². The van der Waals surface area contributed by atoms with Crippen LogP contribution in [0.25, 0.3) is 0 Å². The number of rotatable bonds is 6. The quantitative estimate of drug-likeness (QED) is 0.197. The molecule has 4 aromatic carbocycles. The molecule has 0 bridgehead atoms. The second kappa shape index (κ2) is 16.1. The number of hydrogen-bond donors (Lipinski definition) is 2. The Morgan fingerprint density at radius 1 is 0.652 bits per heavy atom. The number of halogens is 5. The third-order valence-electron chi connectivity index (χ3n) is 8.46. The summed E-state index contributed by atoms with van der Waals surface area (Å²) >= 11 is 9.10. The van der Waals surface area contributed by atoms with Gasteiger partial charge in [0.25, 0.3) is 0 Å². The van der Waals surface area contributed by atoms with Gasteiger partial charge in [-0.25, -0.2) is 4.39 Å². The van der Waals surface area contributed by atoms with Crippen molar-refractivity contribution in [3.8, 4) is 0 Å². The van der Waals surface area contributed by atoms with E-state index in [1.807, 2.05) is 50.2 Å². The molecule has 6 rings (SSSR count). The molecule has 2 N–H and O–H groups in total. The zero-order chi connectivity index (χ0) is 32.7. The van der Waals surface area contributed by atoms with Gasteiger partial charge >= 0.3 is 6.18 Å². The van der Waals surface area contributed by atoms with Gasteiger partial charge in [0.15, 0.2) is 0 Å². The van der Waals surface area contributed by atoms with E-state index >= 15 is 0 Å². The maximum absolute atomic E-state index is 13.6. The van der Waals surface area contributed by atoms with Gasteiger partial charge in [0.1, 0.15) is 5.82 Å². The molecule has 0 unspecified atom stereocenters. The van der Waals surface area contributed by atoms with Crippen molar-refractivity contribution in [2.75, 3.05) is 26.2 Å². The standard InChI is InChI=1S/C20H22F3NS.C17H17ClFNS/c1-13-3-5-18(14(2)11-13)25-19-6-4-16(20(21,22)23)12-17(19)15-7-9-24-10-8-15;18-13-1-4-15(5-2-13)21-17-11-14(19)3-6-16(17)12-7-9-20-10-8-12/h3-6,11-12,15,24H,7-10H2,1-2H3;1-6,11-12,20H,7-10H2. The van der Waals surface area contributed by atoms with Crippen molar-refractivity contribution < 1.29 is 17.6 Å². The number of alkyl halides is 3. The van der Waals surface area contributed by atoms with E-state index in [-0.39, 0.29) is 11.7 Å². The average Bonchev–Trinajstić information content (AvgIpc) is 3.04. The van der Waals surface area contributed by atoms with Crippen LogP contribution in [0.5, 0.6) is 0 Å². The first kappa shape index (κ1) is 34.8. The van der Waals surface area contributed by atoms with E-state index in [0.29, 0.717) is 5.92 Å². The fraction of sp³-hybridized carbons (Fsp3) is 0.351. The lowest BCUT2D eigenvalue weighted by Gasteiger charge is -2.26. The highest BCUT2D eigenvalue weighted by molar-refractivity contribution is 7.99. The highest BCUT2D eigenvalue weighted by Crippen LogP contribution is 2.42. The molecule has 2 nitrogen and oxygen atoms in total. The fourth-order valence-electron chi connectivity index (χ4n) is 6.00. The first-order valence-electron chi connectivity index (χ1n) is 15.7. The summed E-state index contributed by atoms with van der Waals surface area (Å²) in [5.41, 5.74) is 3.89. The van der Waals surface area contributed by atoms with Gasteiger partial charge in [-0.2, -0.15) is 13.2 Å². The van der Waals surface area contributed by atoms with Crippen LogP contribution in [-0.2, 0) is 6.18 Å². The molecule has 0 atom stereocenters. The van der Waals surface area contributed by atoms with Crippen molar-refractivity contribution in [1.29, 1.82) is 0 Å². The van der Waals surface area contributed by atoms with Crippen LogP contribution < -0.4 is 10.6 Å². The smallest absolute Gasteiger partial charge is 0.317 e. The maximum Gasteiger partial charge on any atom is 0.416 e. The van der Waals surface area contributed by atoms with Crippen molar-refractivity contribution in [1.82, 2.24) is 10.6 Å². The minimum absolute atomic E-state index is 0.177. The second-order valence-corrected chi connectivity index (χ2v) is 14.5. The molecule has 0 saturated carbocycles. The zero-order valence-corrected chi connectivity index (χ0v) is 28.4. The van der Waals surface area contributed by atoms with Crippen molar-refractivity contribution in [2.45, 2.75) is 77.1 Å². The number of benzene rings is 4. The number of piperidine rings is 2. The topological polar surface area (TPSA) is 24.1 Å². The predicted octanol–water partition coefficient (Wildman–Crippen LogP) is 11.0. The molecule has 0 amide bonds. The lowest BCUT2D eigenvalue weighted by Crippen LogP contribution is -2.27. The summed E-state index contributed by atoms with van der Waals surface area (Å²) in [5, 5.41) is 7.38. The molecule has 0 spiro atoms. The van der Waals surface area contributed by atoms with Gasteiger partial charge < -0.3 is 10.6 Å². The van der Waals surface area contributed by atoms with Crippen LogP contribution in [0.15, 0.2) is 98.4 Å². The molecule has 2 aliphatic heterocycles. The Morgan fingerprint density at radius 2 is 1.26 bits per heavy atom. The van der Waals surface area contributed by atoms with Crippen molar-refractivity contribution in [2.24, 2.45) is 0 Å². The summed E-state index contributed by atoms with van der Waals surface area (Å²) in [4.78, 5) is 4.14. The first-order valence-corrected chi connectivity index (χ1v) is 17.7. The van der Waals surface area contributed by atoms with Gasteiger partial charge in [-0.05, 0) is 155 Å². The molecule has 9 heteroatoms. The molecule has 2 heterocycles. The molecule has 46 heavy (non-hydrogen) atoms. The lowest BCUT2D eigenvalue weighted by atomic mass is 9.89. The molecular formula is C37H39ClF4N2S2. The predicted molar refractivity (Wildman–Crippen MR) is 183 cm³/mol. The van der Waals surface area contributed by atoms with E-state index in [1.54, 1.807) is 41.7 Å². The van der Waals surface area contributed by atoms with Gasteiger partial charge in [-0.3, -0.25) is 0 Å². The van der Waals surface area contributed by atoms with Crippen LogP contribution in [0.3, 0.4) is 0 Å². The number of aryl methyl sites for hydroxylation is 2. The van der Waals surface area contributed by atoms with Crippen LogP contribution in [0, 0.1) is 19.7 Å². The molecule has 244 valence electrons. The van der Waals surface area contributed by atoms with E-state index in [2.05, 4.69) is 22.8 Å². The van der Waals surface area contributed by atoms with Gasteiger partial charge in [-0.1, -0.05) is 58.9 Å². The Labute approximate surface area is 283 Å². The van der Waals surface area contributed by atoms with E-state index in [9.17, 15) is 17.6 Å². The first-order chi connectivity index (χ1) is 22.1. The Bertz CT molecular complexity index is 1600. The third-order valence-corrected chi connectivity index (χ3v) is 11.1. The second-order valence-electron chi connectivity index (χ2n) is 11.9. The summed E-state index contributed by atoms with van der Waals surface area (Å²) in [5.74, 6) is 0.516. The van der Waals surface area contributed by atoms with E-state index in [1.165, 1.54) is 23.3 Å². The maximum atomic E-state index is 13.6. The minimum atomic E-state index is -4.30. The van der Waals surface area contributed by atoms with Crippen molar-refractivity contribution >= 4 is 35.1 Å². The molecule has 2 aliphatic rings. The molecular weight excluding hydrogens is 648 g/mol. The normalized spacial score (nSPS) is 16.2. The highest BCUT2D eigenvalue weighted by Gasteiger charge is 2.32. The monoisotopic (exact) mass is 686 g/mol. The average molecular weight is 687 g/mol. The Kier molecular flexibility index (Phi) is 12.2. The number of nitrogens with one attached hydrogen (secondary N) is 2. The molecule has 2 saturated heterocycles. The van der Waals surface area contributed by atoms with Crippen LogP contribution in [0.2, 0.25) is 5.02 Å². The molecule has 4 aromatic rings. The van der Waals surface area contributed by atoms with E-state index in [0.717, 1.165) is 87.6 Å². The molecule has 0 radical (unpaired) electrons. The zero-order valence-electron chi connectivity index (χ0n) is 26.0. The van der Waals surface area contributed by atoms with Gasteiger partial charge in [-0.15, -0.1) is 0 Å². The lowest BCUT2D eigenvalue weighted by molar-refractivity contribution is -0.137. The van der Waals surface area contributed by atoms with E-state index in [4.69, 9.17) is 11.6 Å². The van der Waals surface area contributed by atoms with Crippen LogP contribution in [-0.4, -0.2) is 26.2 Å². The van der Waals surface area contributed by atoms with Crippen LogP contribution in [0.1, 0.15) is 65.3 Å². The summed E-state index contributed by atoms with van der Waals surface area (Å²) in [6.07, 6.45) is -0.326. The van der Waals surface area contributed by atoms with Gasteiger partial charge in [0.2, 0.25) is 0 Å². The van der Waals surface area contributed by atoms with E-state index < -0.39 is 11.7 Å². The summed E-state index contributed by atoms with van der Waals surface area (Å²) in [6.45, 7) is 7.87. The minimum Gasteiger partial charge on any atom is -0.317 e. The Morgan fingerprint density at radius 3 is 1.87 bits per heavy atom. The SMILES string of the molecule is Cc1ccc(Sc2ccc(C(F)(F)F)cc2C2CCNCC2)c(C)c1.Fc1ccc(C2CCNCC2)c(Sc2ccc(Cl)cc2)c1. The Hall–Kier alpha value is -2.49. The largest absolute Gasteiger partial charge is 0.416 e. The summed E-state index contributed by atoms with van der Waals surface area (Å²) < 4.78 is 53.2. The van der Waals surface area contributed by atoms with Gasteiger partial charge in [0.05, 0.1) is 5.56 Å². The van der Waals surface area contributed by atoms with Crippen LogP contribution >= 0.6 is 35.1 Å². The fourth-order valence-corrected chi connectivity index (χ4v) is 8.25. The highest BCUT2D eigenvalue weighted by atomic mass is 35.5. The van der Waals surface area contributed by atoms with Crippen LogP contribution in [0.4, 0.5) is 17.6 Å². The third kappa shape index (κ3) is 9.54. The molecule has 0 aromatic heterocycles. The molecule has 2 fully saturated rings. The summed E-state index contributed by atoms with van der Waals surface area (Å²) in [7, 11) is 0. The van der Waals surface area contributed by atoms with Crippen molar-refractivity contribution in [3.05, 3.63) is 118 Å². The van der Waals surface area contributed by atoms with Crippen molar-refractivity contribution in [3.63, 3.8) is 0 Å². The molecule has 0 aliphatic carbocycles. The number of hydrogen-bond acceptors (Lipinski definition) is 4.